The summed E-state index contributed by atoms with van der Waals surface area (Å²) >= 11 is 13.1. The van der Waals surface area contributed by atoms with Gasteiger partial charge >= 0.3 is 0 Å². The maximum Gasteiger partial charge on any atom is -0.00305 e. The van der Waals surface area contributed by atoms with Crippen molar-refractivity contribution in [1.29, 1.82) is 0 Å². The van der Waals surface area contributed by atoms with Crippen LogP contribution < -0.4 is 0 Å². The molecule has 0 amide bonds. The van der Waals surface area contributed by atoms with Crippen LogP contribution >= 0.6 is 37.9 Å². The molecule has 0 saturated carbocycles. The summed E-state index contributed by atoms with van der Waals surface area (Å²) in [7, 11) is 0. The molecule has 0 heterocycles. The minimum atomic E-state index is 0.294. The van der Waals surface area contributed by atoms with Gasteiger partial charge in [-0.3, -0.25) is 0 Å². The van der Waals surface area contributed by atoms with Gasteiger partial charge in [0.1, 0.15) is 0 Å². The summed E-state index contributed by atoms with van der Waals surface area (Å²) < 4.78 is 0. The Bertz CT molecular complexity index is 110. The Balaban J connectivity index is 4.33. The summed E-state index contributed by atoms with van der Waals surface area (Å²) in [6, 6.07) is 0. The van der Waals surface area contributed by atoms with E-state index in [0.717, 1.165) is 23.7 Å². The van der Waals surface area contributed by atoms with Crippen LogP contribution in [0.15, 0.2) is 0 Å². The van der Waals surface area contributed by atoms with E-state index < -0.39 is 0 Å². The molecule has 0 spiro atoms. The zero-order valence-corrected chi connectivity index (χ0v) is 10.6. The van der Waals surface area contributed by atoms with Crippen LogP contribution in [0.25, 0.3) is 0 Å². The van der Waals surface area contributed by atoms with Gasteiger partial charge in [-0.05, 0) is 35.0 Å². The lowest BCUT2D eigenvalue weighted by atomic mass is 9.76. The lowest BCUT2D eigenvalue weighted by Crippen LogP contribution is -2.33. The van der Waals surface area contributed by atoms with Crippen molar-refractivity contribution in [2.45, 2.75) is 26.7 Å². The van der Waals surface area contributed by atoms with Crippen molar-refractivity contribution in [2.75, 3.05) is 17.3 Å². The minimum Gasteiger partial charge on any atom is -0.179 e. The van der Waals surface area contributed by atoms with Crippen LogP contribution in [0.4, 0.5) is 0 Å². The van der Waals surface area contributed by atoms with Gasteiger partial charge in [-0.2, -0.15) is 37.9 Å². The molecule has 12 heavy (non-hydrogen) atoms. The number of hydrogen-bond donors (Lipinski definition) is 3. The molecule has 74 valence electrons. The minimum absolute atomic E-state index is 0.294. The summed E-state index contributed by atoms with van der Waals surface area (Å²) in [5, 5.41) is 0. The van der Waals surface area contributed by atoms with E-state index >= 15 is 0 Å². The maximum absolute atomic E-state index is 4.43. The molecule has 0 N–H and O–H groups in total. The highest BCUT2D eigenvalue weighted by Crippen LogP contribution is 2.36. The number of thiol groups is 3. The van der Waals surface area contributed by atoms with Crippen LogP contribution in [0.5, 0.6) is 0 Å². The third-order valence-corrected chi connectivity index (χ3v) is 4.38. The molecular formula is C9H20S3. The van der Waals surface area contributed by atoms with Gasteiger partial charge in [0.15, 0.2) is 0 Å². The highest BCUT2D eigenvalue weighted by molar-refractivity contribution is 7.81. The molecule has 1 atom stereocenters. The smallest absolute Gasteiger partial charge is 0.00305 e. The quantitative estimate of drug-likeness (QED) is 0.567. The predicted molar refractivity (Wildman–Crippen MR) is 68.1 cm³/mol. The van der Waals surface area contributed by atoms with E-state index in [4.69, 9.17) is 0 Å². The lowest BCUT2D eigenvalue weighted by Gasteiger charge is -2.36. The molecule has 0 aromatic carbocycles. The van der Waals surface area contributed by atoms with E-state index in [1.807, 2.05) is 0 Å². The normalized spacial score (nSPS) is 14.8. The fraction of sp³-hybridized carbons (Fsp3) is 1.00. The monoisotopic (exact) mass is 224 g/mol. The SMILES string of the molecule is CCC(C)C(CS)(CS)CCS. The van der Waals surface area contributed by atoms with Crippen LogP contribution in [-0.2, 0) is 0 Å². The first-order valence-electron chi connectivity index (χ1n) is 4.49. The van der Waals surface area contributed by atoms with Gasteiger partial charge in [0.25, 0.3) is 0 Å². The molecule has 0 rings (SSSR count). The number of hydrogen-bond acceptors (Lipinski definition) is 3. The molecule has 0 nitrogen and oxygen atoms in total. The first-order chi connectivity index (χ1) is 5.66. The Labute approximate surface area is 93.1 Å². The Morgan fingerprint density at radius 3 is 1.92 bits per heavy atom. The highest BCUT2D eigenvalue weighted by Gasteiger charge is 2.31. The Hall–Kier alpha value is 1.05. The van der Waals surface area contributed by atoms with Crippen molar-refractivity contribution in [3.8, 4) is 0 Å². The van der Waals surface area contributed by atoms with Gasteiger partial charge in [0.2, 0.25) is 0 Å². The average Bonchev–Trinajstić information content (AvgIpc) is 2.13. The van der Waals surface area contributed by atoms with Crippen molar-refractivity contribution in [3.63, 3.8) is 0 Å². The summed E-state index contributed by atoms with van der Waals surface area (Å²) in [6.07, 6.45) is 2.33. The molecule has 0 aromatic heterocycles. The van der Waals surface area contributed by atoms with Gasteiger partial charge in [0, 0.05) is 0 Å². The van der Waals surface area contributed by atoms with Crippen molar-refractivity contribution in [1.82, 2.24) is 0 Å². The van der Waals surface area contributed by atoms with Gasteiger partial charge in [-0.1, -0.05) is 20.3 Å². The molecule has 0 bridgehead atoms. The zero-order valence-electron chi connectivity index (χ0n) is 7.95. The topological polar surface area (TPSA) is 0 Å². The largest absolute Gasteiger partial charge is 0.179 e. The second-order valence-corrected chi connectivity index (χ2v) is 4.54. The Kier molecular flexibility index (Phi) is 7.06. The molecule has 0 aliphatic rings. The lowest BCUT2D eigenvalue weighted by molar-refractivity contribution is 0.233. The second-order valence-electron chi connectivity index (χ2n) is 3.46. The third-order valence-electron chi connectivity index (χ3n) is 2.90. The van der Waals surface area contributed by atoms with E-state index in [1.165, 1.54) is 6.42 Å². The van der Waals surface area contributed by atoms with Crippen LogP contribution in [0, 0.1) is 11.3 Å². The van der Waals surface area contributed by atoms with E-state index in [9.17, 15) is 0 Å². The maximum atomic E-state index is 4.43. The molecule has 0 aromatic rings. The Morgan fingerprint density at radius 2 is 1.67 bits per heavy atom. The summed E-state index contributed by atoms with van der Waals surface area (Å²) in [4.78, 5) is 0. The van der Waals surface area contributed by atoms with Crippen molar-refractivity contribution in [3.05, 3.63) is 0 Å². The summed E-state index contributed by atoms with van der Waals surface area (Å²) in [5.41, 5.74) is 0.294. The second kappa shape index (κ2) is 6.50. The van der Waals surface area contributed by atoms with Crippen LogP contribution in [0.3, 0.4) is 0 Å². The van der Waals surface area contributed by atoms with Crippen molar-refractivity contribution < 1.29 is 0 Å². The highest BCUT2D eigenvalue weighted by atomic mass is 32.1. The standard InChI is InChI=1S/C9H20S3/c1-3-8(2)9(6-11,7-12)4-5-10/h8,10-12H,3-7H2,1-2H3. The average molecular weight is 224 g/mol. The van der Waals surface area contributed by atoms with Crippen molar-refractivity contribution >= 4 is 37.9 Å². The number of rotatable bonds is 6. The molecule has 1 unspecified atom stereocenters. The fourth-order valence-corrected chi connectivity index (χ4v) is 3.21. The molecule has 0 aliphatic heterocycles. The van der Waals surface area contributed by atoms with E-state index in [-0.39, 0.29) is 0 Å². The van der Waals surface area contributed by atoms with E-state index in [1.54, 1.807) is 0 Å². The first kappa shape index (κ1) is 13.1. The zero-order chi connectivity index (χ0) is 9.61. The molecule has 0 saturated heterocycles. The predicted octanol–water partition coefficient (Wildman–Crippen LogP) is 3.20. The van der Waals surface area contributed by atoms with Crippen LogP contribution in [0.2, 0.25) is 0 Å². The van der Waals surface area contributed by atoms with E-state index in [0.29, 0.717) is 11.3 Å². The van der Waals surface area contributed by atoms with Crippen molar-refractivity contribution in [2.24, 2.45) is 11.3 Å². The van der Waals surface area contributed by atoms with Gasteiger partial charge in [-0.25, -0.2) is 0 Å². The van der Waals surface area contributed by atoms with Gasteiger partial charge < -0.3 is 0 Å². The van der Waals surface area contributed by atoms with Gasteiger partial charge in [0.05, 0.1) is 0 Å². The molecule has 0 fully saturated rings. The molecular weight excluding hydrogens is 204 g/mol. The fourth-order valence-electron chi connectivity index (χ4n) is 1.42. The summed E-state index contributed by atoms with van der Waals surface area (Å²) in [5.74, 6) is 3.48. The molecule has 3 heteroatoms. The third kappa shape index (κ3) is 3.08. The van der Waals surface area contributed by atoms with E-state index in [2.05, 4.69) is 51.7 Å². The van der Waals surface area contributed by atoms with Crippen LogP contribution in [-0.4, -0.2) is 17.3 Å². The Morgan fingerprint density at radius 1 is 1.17 bits per heavy atom. The van der Waals surface area contributed by atoms with Gasteiger partial charge in [-0.15, -0.1) is 0 Å². The summed E-state index contributed by atoms with van der Waals surface area (Å²) in [6.45, 7) is 4.51. The molecule has 0 radical (unpaired) electrons. The first-order valence-corrected chi connectivity index (χ1v) is 6.39. The van der Waals surface area contributed by atoms with Crippen LogP contribution in [0.1, 0.15) is 26.7 Å². The molecule has 0 aliphatic carbocycles.